The predicted molar refractivity (Wildman–Crippen MR) is 142 cm³/mol. The zero-order chi connectivity index (χ0) is 28.4. The number of nitrogens with zero attached hydrogens (tertiary/aromatic N) is 1. The topological polar surface area (TPSA) is 118 Å². The zero-order valence-electron chi connectivity index (χ0n) is 21.5. The molecule has 1 atom stereocenters. The summed E-state index contributed by atoms with van der Waals surface area (Å²) in [6, 6.07) is 14.6. The fourth-order valence-corrected chi connectivity index (χ4v) is 3.38. The van der Waals surface area contributed by atoms with E-state index in [0.29, 0.717) is 11.3 Å². The molecule has 11 heteroatoms. The molecule has 0 bridgehead atoms. The van der Waals surface area contributed by atoms with Crippen LogP contribution in [0.4, 0.5) is 14.5 Å². The van der Waals surface area contributed by atoms with Crippen molar-refractivity contribution in [3.8, 4) is 11.5 Å². The van der Waals surface area contributed by atoms with Crippen LogP contribution in [0.25, 0.3) is 0 Å². The fourth-order valence-electron chi connectivity index (χ4n) is 3.38. The Hall–Kier alpha value is -4.80. The molecule has 0 aromatic heterocycles. The molecule has 0 saturated heterocycles. The molecule has 3 aromatic rings. The Morgan fingerprint density at radius 2 is 1.69 bits per heavy atom. The molecule has 0 heterocycles. The van der Waals surface area contributed by atoms with E-state index in [9.17, 15) is 23.2 Å². The summed E-state index contributed by atoms with van der Waals surface area (Å²) in [5, 5.41) is 9.01. The molecule has 0 aliphatic carbocycles. The van der Waals surface area contributed by atoms with Crippen molar-refractivity contribution >= 4 is 29.6 Å². The van der Waals surface area contributed by atoms with Crippen LogP contribution in [0.3, 0.4) is 0 Å². The molecule has 0 aliphatic heterocycles. The maximum absolute atomic E-state index is 13.7. The lowest BCUT2D eigenvalue weighted by molar-refractivity contribution is -0.124. The molecule has 9 nitrogen and oxygen atoms in total. The Kier molecular flexibility index (Phi) is 10.1. The Morgan fingerprint density at radius 1 is 0.974 bits per heavy atom. The van der Waals surface area contributed by atoms with Crippen LogP contribution in [0.15, 0.2) is 71.8 Å². The number of hydrazone groups is 1. The van der Waals surface area contributed by atoms with E-state index in [1.54, 1.807) is 38.1 Å². The number of nitrogens with one attached hydrogen (secondary N) is 3. The lowest BCUT2D eigenvalue weighted by Gasteiger charge is -2.20. The summed E-state index contributed by atoms with van der Waals surface area (Å²) in [4.78, 5) is 37.3. The van der Waals surface area contributed by atoms with E-state index >= 15 is 0 Å². The van der Waals surface area contributed by atoms with Crippen LogP contribution in [0, 0.1) is 17.6 Å². The first kappa shape index (κ1) is 28.8. The summed E-state index contributed by atoms with van der Waals surface area (Å²) < 4.78 is 37.6. The number of hydrogen-bond acceptors (Lipinski definition) is 6. The minimum atomic E-state index is -0.888. The smallest absolute Gasteiger partial charge is 0.262 e. The van der Waals surface area contributed by atoms with Gasteiger partial charge in [-0.3, -0.25) is 14.4 Å². The minimum Gasteiger partial charge on any atom is -0.493 e. The van der Waals surface area contributed by atoms with Gasteiger partial charge in [0.15, 0.2) is 18.1 Å². The lowest BCUT2D eigenvalue weighted by Crippen LogP contribution is -2.48. The van der Waals surface area contributed by atoms with Gasteiger partial charge < -0.3 is 20.1 Å². The van der Waals surface area contributed by atoms with Gasteiger partial charge in [-0.05, 0) is 66.1 Å². The molecule has 3 aromatic carbocycles. The maximum Gasteiger partial charge on any atom is 0.262 e. The molecule has 39 heavy (non-hydrogen) atoms. The molecule has 0 fully saturated rings. The van der Waals surface area contributed by atoms with E-state index in [4.69, 9.17) is 9.47 Å². The number of benzene rings is 3. The molecular weight excluding hydrogens is 510 g/mol. The molecule has 1 unspecified atom stereocenters. The Balaban J connectivity index is 1.57. The molecule has 204 valence electrons. The number of amides is 3. The molecule has 0 spiro atoms. The molecule has 0 radical (unpaired) electrons. The fraction of sp³-hybridized carbons (Fsp3) is 0.214. The van der Waals surface area contributed by atoms with Crippen molar-refractivity contribution in [2.45, 2.75) is 19.9 Å². The van der Waals surface area contributed by atoms with Gasteiger partial charge in [-0.25, -0.2) is 14.2 Å². The summed E-state index contributed by atoms with van der Waals surface area (Å²) in [6.07, 6.45) is 1.37. The number of rotatable bonds is 11. The lowest BCUT2D eigenvalue weighted by atomic mass is 10.0. The van der Waals surface area contributed by atoms with Crippen LogP contribution in [0.2, 0.25) is 0 Å². The molecule has 0 aliphatic rings. The van der Waals surface area contributed by atoms with Crippen LogP contribution >= 0.6 is 0 Å². The first-order valence-electron chi connectivity index (χ1n) is 11.9. The van der Waals surface area contributed by atoms with Crippen molar-refractivity contribution in [2.24, 2.45) is 11.0 Å². The number of carbonyl (C=O) groups excluding carboxylic acids is 3. The molecular formula is C28H28F2N4O5. The largest absolute Gasteiger partial charge is 0.493 e. The summed E-state index contributed by atoms with van der Waals surface area (Å²) in [5.41, 5.74) is 3.21. The Labute approximate surface area is 224 Å². The molecule has 3 amide bonds. The van der Waals surface area contributed by atoms with Gasteiger partial charge in [-0.1, -0.05) is 26.0 Å². The number of para-hydroxylation sites is 1. The van der Waals surface area contributed by atoms with Crippen LogP contribution in [0.5, 0.6) is 11.5 Å². The van der Waals surface area contributed by atoms with Crippen LogP contribution in [-0.2, 0) is 9.59 Å². The molecule has 0 saturated carbocycles. The number of anilines is 1. The van der Waals surface area contributed by atoms with Crippen molar-refractivity contribution in [3.63, 3.8) is 0 Å². The highest BCUT2D eigenvalue weighted by Crippen LogP contribution is 2.27. The highest BCUT2D eigenvalue weighted by Gasteiger charge is 2.24. The van der Waals surface area contributed by atoms with Gasteiger partial charge in [0.1, 0.15) is 17.7 Å². The van der Waals surface area contributed by atoms with E-state index in [1.807, 2.05) is 0 Å². The van der Waals surface area contributed by atoms with E-state index in [2.05, 4.69) is 21.2 Å². The quantitative estimate of drug-likeness (QED) is 0.253. The van der Waals surface area contributed by atoms with Gasteiger partial charge >= 0.3 is 0 Å². The second-order valence-electron chi connectivity index (χ2n) is 8.66. The van der Waals surface area contributed by atoms with E-state index in [1.165, 1.54) is 43.7 Å². The molecule has 3 N–H and O–H groups in total. The number of methoxy groups -OCH3 is 1. The third kappa shape index (κ3) is 8.35. The predicted octanol–water partition coefficient (Wildman–Crippen LogP) is 3.90. The van der Waals surface area contributed by atoms with Gasteiger partial charge in [-0.15, -0.1) is 0 Å². The van der Waals surface area contributed by atoms with Gasteiger partial charge in [0.2, 0.25) is 0 Å². The average molecular weight is 539 g/mol. The number of ether oxygens (including phenoxy) is 2. The highest BCUT2D eigenvalue weighted by atomic mass is 19.1. The number of halogens is 2. The number of carbonyl (C=O) groups is 3. The first-order chi connectivity index (χ1) is 18.7. The zero-order valence-corrected chi connectivity index (χ0v) is 21.5. The number of hydrogen-bond donors (Lipinski definition) is 3. The van der Waals surface area contributed by atoms with E-state index in [-0.39, 0.29) is 29.5 Å². The Morgan fingerprint density at radius 3 is 2.36 bits per heavy atom. The van der Waals surface area contributed by atoms with E-state index < -0.39 is 35.4 Å². The summed E-state index contributed by atoms with van der Waals surface area (Å²) in [6.45, 7) is 3.15. The normalized spacial score (nSPS) is 11.6. The Bertz CT molecular complexity index is 1350. The van der Waals surface area contributed by atoms with Crippen molar-refractivity contribution in [1.82, 2.24) is 10.7 Å². The summed E-state index contributed by atoms with van der Waals surface area (Å²) in [5.74, 6) is -2.32. The molecule has 3 rings (SSSR count). The minimum absolute atomic E-state index is 0.0430. The van der Waals surface area contributed by atoms with Crippen molar-refractivity contribution in [3.05, 3.63) is 89.5 Å². The van der Waals surface area contributed by atoms with Crippen LogP contribution in [-0.4, -0.2) is 43.7 Å². The summed E-state index contributed by atoms with van der Waals surface area (Å²) in [7, 11) is 1.42. The van der Waals surface area contributed by atoms with Gasteiger partial charge in [0.05, 0.1) is 19.0 Å². The SMILES string of the molecule is COc1cc(/C=N/NC(=O)C(NC(=O)c2ccc(F)cc2)C(C)C)ccc1OCC(=O)Nc1ccccc1F. The van der Waals surface area contributed by atoms with Crippen molar-refractivity contribution < 1.29 is 32.6 Å². The van der Waals surface area contributed by atoms with Crippen LogP contribution in [0.1, 0.15) is 29.8 Å². The first-order valence-corrected chi connectivity index (χ1v) is 11.9. The van der Waals surface area contributed by atoms with Gasteiger partial charge in [0.25, 0.3) is 17.7 Å². The third-order valence-corrected chi connectivity index (χ3v) is 5.42. The standard InChI is InChI=1S/C28H28F2N4O5/c1-17(2)26(33-27(36)19-9-11-20(29)12-10-19)28(37)34-31-15-18-8-13-23(24(14-18)38-3)39-16-25(35)32-22-7-5-4-6-21(22)30/h4-15,17,26H,16H2,1-3H3,(H,32,35)(H,33,36)(H,34,37)/b31-15+. The van der Waals surface area contributed by atoms with Gasteiger partial charge in [-0.2, -0.15) is 5.10 Å². The highest BCUT2D eigenvalue weighted by molar-refractivity contribution is 5.97. The summed E-state index contributed by atoms with van der Waals surface area (Å²) >= 11 is 0. The second kappa shape index (κ2) is 13.7. The van der Waals surface area contributed by atoms with Crippen molar-refractivity contribution in [2.75, 3.05) is 19.0 Å². The van der Waals surface area contributed by atoms with Crippen molar-refractivity contribution in [1.29, 1.82) is 0 Å². The van der Waals surface area contributed by atoms with Gasteiger partial charge in [0, 0.05) is 5.56 Å². The second-order valence-corrected chi connectivity index (χ2v) is 8.66. The monoisotopic (exact) mass is 538 g/mol. The third-order valence-electron chi connectivity index (χ3n) is 5.42. The van der Waals surface area contributed by atoms with E-state index in [0.717, 1.165) is 12.1 Å². The maximum atomic E-state index is 13.7. The average Bonchev–Trinajstić information content (AvgIpc) is 2.92. The van der Waals surface area contributed by atoms with Crippen LogP contribution < -0.4 is 25.5 Å².